The summed E-state index contributed by atoms with van der Waals surface area (Å²) in [5, 5.41) is 0.582. The van der Waals surface area contributed by atoms with Crippen molar-refractivity contribution >= 4 is 17.5 Å². The number of halogens is 1. The molecule has 1 rings (SSSR count). The van der Waals surface area contributed by atoms with E-state index in [9.17, 15) is 4.79 Å². The summed E-state index contributed by atoms with van der Waals surface area (Å²) < 4.78 is 1.87. The lowest BCUT2D eigenvalue weighted by Crippen LogP contribution is -2.33. The monoisotopic (exact) mass is 243 g/mol. The van der Waals surface area contributed by atoms with Crippen molar-refractivity contribution in [3.8, 4) is 0 Å². The van der Waals surface area contributed by atoms with Crippen LogP contribution in [0.1, 0.15) is 30.4 Å². The van der Waals surface area contributed by atoms with Crippen LogP contribution in [-0.4, -0.2) is 35.5 Å². The van der Waals surface area contributed by atoms with Crippen LogP contribution in [0.2, 0.25) is 5.02 Å². The van der Waals surface area contributed by atoms with Gasteiger partial charge in [-0.05, 0) is 19.9 Å². The number of likely N-dealkylation sites (N-methyl/N-ethyl adjacent to an activating group) is 1. The van der Waals surface area contributed by atoms with Gasteiger partial charge in [-0.25, -0.2) is 0 Å². The summed E-state index contributed by atoms with van der Waals surface area (Å²) in [5.41, 5.74) is 6.03. The third kappa shape index (κ3) is 2.77. The van der Waals surface area contributed by atoms with E-state index in [2.05, 4.69) is 0 Å². The van der Waals surface area contributed by atoms with Crippen molar-refractivity contribution in [2.45, 2.75) is 19.9 Å². The first-order chi connectivity index (χ1) is 7.47. The Labute approximate surface area is 101 Å². The zero-order chi connectivity index (χ0) is 12.3. The highest BCUT2D eigenvalue weighted by molar-refractivity contribution is 6.31. The first-order valence-corrected chi connectivity index (χ1v) is 5.68. The third-order valence-electron chi connectivity index (χ3n) is 2.40. The fourth-order valence-electron chi connectivity index (χ4n) is 1.53. The van der Waals surface area contributed by atoms with Gasteiger partial charge in [0.05, 0.1) is 5.02 Å². The van der Waals surface area contributed by atoms with Gasteiger partial charge in [0.1, 0.15) is 5.69 Å². The maximum Gasteiger partial charge on any atom is 0.270 e. The van der Waals surface area contributed by atoms with Crippen molar-refractivity contribution in [3.63, 3.8) is 0 Å². The van der Waals surface area contributed by atoms with Crippen molar-refractivity contribution in [3.05, 3.63) is 23.0 Å². The Balaban J connectivity index is 2.98. The number of aromatic nitrogens is 1. The zero-order valence-electron chi connectivity index (χ0n) is 9.90. The molecule has 0 radical (unpaired) electrons. The van der Waals surface area contributed by atoms with Crippen LogP contribution in [0.3, 0.4) is 0 Å². The molecular formula is C11H18ClN3O. The molecule has 0 atom stereocenters. The quantitative estimate of drug-likeness (QED) is 0.876. The molecule has 0 saturated heterocycles. The predicted octanol–water partition coefficient (Wildman–Crippen LogP) is 1.75. The molecule has 90 valence electrons. The van der Waals surface area contributed by atoms with Gasteiger partial charge in [-0.15, -0.1) is 0 Å². The number of amides is 1. The molecule has 0 bridgehead atoms. The number of rotatable bonds is 4. The van der Waals surface area contributed by atoms with Gasteiger partial charge in [0.15, 0.2) is 0 Å². The van der Waals surface area contributed by atoms with Gasteiger partial charge in [-0.3, -0.25) is 4.79 Å². The van der Waals surface area contributed by atoms with Crippen LogP contribution in [0.4, 0.5) is 0 Å². The molecule has 0 spiro atoms. The van der Waals surface area contributed by atoms with Crippen LogP contribution >= 0.6 is 11.6 Å². The fraction of sp³-hybridized carbons (Fsp3) is 0.545. The highest BCUT2D eigenvalue weighted by atomic mass is 35.5. The average molecular weight is 244 g/mol. The van der Waals surface area contributed by atoms with Gasteiger partial charge in [0.2, 0.25) is 0 Å². The fourth-order valence-corrected chi connectivity index (χ4v) is 1.74. The molecule has 0 fully saturated rings. The van der Waals surface area contributed by atoms with Crippen LogP contribution in [0.15, 0.2) is 12.3 Å². The van der Waals surface area contributed by atoms with E-state index in [0.717, 1.165) is 0 Å². The van der Waals surface area contributed by atoms with Crippen molar-refractivity contribution in [2.24, 2.45) is 5.73 Å². The molecule has 0 aliphatic rings. The maximum absolute atomic E-state index is 12.1. The summed E-state index contributed by atoms with van der Waals surface area (Å²) in [5.74, 6) is -0.0500. The van der Waals surface area contributed by atoms with E-state index in [1.54, 1.807) is 24.2 Å². The van der Waals surface area contributed by atoms with Crippen molar-refractivity contribution in [2.75, 3.05) is 20.1 Å². The zero-order valence-corrected chi connectivity index (χ0v) is 10.7. The smallest absolute Gasteiger partial charge is 0.270 e. The minimum Gasteiger partial charge on any atom is -0.339 e. The summed E-state index contributed by atoms with van der Waals surface area (Å²) in [6.45, 7) is 5.02. The van der Waals surface area contributed by atoms with E-state index in [4.69, 9.17) is 17.3 Å². The van der Waals surface area contributed by atoms with E-state index >= 15 is 0 Å². The second kappa shape index (κ2) is 5.37. The Bertz CT molecular complexity index is 373. The molecule has 1 amide bonds. The molecule has 0 aliphatic carbocycles. The Hall–Kier alpha value is -1.00. The first-order valence-electron chi connectivity index (χ1n) is 5.30. The lowest BCUT2D eigenvalue weighted by Gasteiger charge is -2.18. The summed E-state index contributed by atoms with van der Waals surface area (Å²) in [7, 11) is 1.74. The molecule has 0 aromatic carbocycles. The van der Waals surface area contributed by atoms with Crippen LogP contribution in [0.25, 0.3) is 0 Å². The molecule has 0 saturated carbocycles. The van der Waals surface area contributed by atoms with E-state index in [0.29, 0.717) is 23.8 Å². The summed E-state index contributed by atoms with van der Waals surface area (Å²) in [6.07, 6.45) is 1.77. The Kier molecular flexibility index (Phi) is 4.38. The maximum atomic E-state index is 12.1. The lowest BCUT2D eigenvalue weighted by atomic mass is 10.3. The lowest BCUT2D eigenvalue weighted by molar-refractivity contribution is 0.0787. The van der Waals surface area contributed by atoms with Gasteiger partial charge in [0, 0.05) is 32.4 Å². The van der Waals surface area contributed by atoms with Gasteiger partial charge < -0.3 is 15.2 Å². The number of nitrogens with two attached hydrogens (primary N) is 1. The molecule has 0 aliphatic heterocycles. The van der Waals surface area contributed by atoms with E-state index in [1.165, 1.54) is 0 Å². The normalized spacial score (nSPS) is 10.9. The predicted molar refractivity (Wildman–Crippen MR) is 65.8 cm³/mol. The van der Waals surface area contributed by atoms with Crippen molar-refractivity contribution in [1.82, 2.24) is 9.47 Å². The molecule has 1 aromatic heterocycles. The molecule has 16 heavy (non-hydrogen) atoms. The van der Waals surface area contributed by atoms with Gasteiger partial charge in [-0.1, -0.05) is 11.6 Å². The molecule has 2 N–H and O–H groups in total. The van der Waals surface area contributed by atoms with Crippen LogP contribution in [0.5, 0.6) is 0 Å². The van der Waals surface area contributed by atoms with Gasteiger partial charge in [-0.2, -0.15) is 0 Å². The molecule has 0 unspecified atom stereocenters. The number of nitrogens with zero attached hydrogens (tertiary/aromatic N) is 2. The second-order valence-electron chi connectivity index (χ2n) is 4.06. The van der Waals surface area contributed by atoms with Crippen molar-refractivity contribution in [1.29, 1.82) is 0 Å². The van der Waals surface area contributed by atoms with E-state index in [-0.39, 0.29) is 11.9 Å². The summed E-state index contributed by atoms with van der Waals surface area (Å²) in [6, 6.07) is 1.90. The average Bonchev–Trinajstić information content (AvgIpc) is 2.59. The van der Waals surface area contributed by atoms with Crippen LogP contribution in [-0.2, 0) is 0 Å². The van der Waals surface area contributed by atoms with E-state index < -0.39 is 0 Å². The second-order valence-corrected chi connectivity index (χ2v) is 4.50. The number of hydrogen-bond acceptors (Lipinski definition) is 2. The Morgan fingerprint density at radius 1 is 1.62 bits per heavy atom. The summed E-state index contributed by atoms with van der Waals surface area (Å²) >= 11 is 5.92. The molecule has 5 heteroatoms. The molecule has 1 heterocycles. The van der Waals surface area contributed by atoms with E-state index in [1.807, 2.05) is 18.4 Å². The van der Waals surface area contributed by atoms with Gasteiger partial charge >= 0.3 is 0 Å². The summed E-state index contributed by atoms with van der Waals surface area (Å²) in [4.78, 5) is 13.7. The van der Waals surface area contributed by atoms with Crippen LogP contribution < -0.4 is 5.73 Å². The Morgan fingerprint density at radius 2 is 2.25 bits per heavy atom. The first kappa shape index (κ1) is 13.1. The molecule has 1 aromatic rings. The molecular weight excluding hydrogens is 226 g/mol. The number of hydrogen-bond donors (Lipinski definition) is 1. The Morgan fingerprint density at radius 3 is 2.75 bits per heavy atom. The number of carbonyl (C=O) groups excluding carboxylic acids is 1. The topological polar surface area (TPSA) is 51.3 Å². The van der Waals surface area contributed by atoms with Gasteiger partial charge in [0.25, 0.3) is 5.91 Å². The van der Waals surface area contributed by atoms with Crippen molar-refractivity contribution < 1.29 is 4.79 Å². The minimum atomic E-state index is -0.0500. The highest BCUT2D eigenvalue weighted by Crippen LogP contribution is 2.19. The highest BCUT2D eigenvalue weighted by Gasteiger charge is 2.17. The third-order valence-corrected chi connectivity index (χ3v) is 2.61. The molecule has 4 nitrogen and oxygen atoms in total. The number of carbonyl (C=O) groups is 1. The van der Waals surface area contributed by atoms with Crippen LogP contribution in [0, 0.1) is 0 Å². The largest absolute Gasteiger partial charge is 0.339 e. The standard InChI is InChI=1S/C11H18ClN3O/c1-8(2)15-7-9(12)6-10(15)11(16)14(3)5-4-13/h6-8H,4-5,13H2,1-3H3. The SMILES string of the molecule is CC(C)n1cc(Cl)cc1C(=O)N(C)CCN. The minimum absolute atomic E-state index is 0.0500.